The van der Waals surface area contributed by atoms with Gasteiger partial charge in [-0.2, -0.15) is 0 Å². The first-order valence-corrected chi connectivity index (χ1v) is 7.19. The van der Waals surface area contributed by atoms with Crippen molar-refractivity contribution in [3.8, 4) is 0 Å². The molecule has 114 valence electrons. The van der Waals surface area contributed by atoms with Crippen LogP contribution < -0.4 is 16.4 Å². The van der Waals surface area contributed by atoms with Crippen molar-refractivity contribution in [1.29, 1.82) is 0 Å². The lowest BCUT2D eigenvalue weighted by Gasteiger charge is -2.35. The molecule has 3 amide bonds. The Hall–Kier alpha value is -1.34. The molecule has 3 atom stereocenters. The fourth-order valence-electron chi connectivity index (χ4n) is 2.99. The molecule has 2 saturated heterocycles. The third-order valence-corrected chi connectivity index (χ3v) is 4.16. The van der Waals surface area contributed by atoms with Gasteiger partial charge in [0.1, 0.15) is 0 Å². The molecular formula is C13H24N4O3. The van der Waals surface area contributed by atoms with E-state index in [9.17, 15) is 9.59 Å². The van der Waals surface area contributed by atoms with E-state index in [2.05, 4.69) is 10.6 Å². The zero-order valence-corrected chi connectivity index (χ0v) is 11.9. The van der Waals surface area contributed by atoms with E-state index in [0.29, 0.717) is 26.3 Å². The molecule has 0 bridgehead atoms. The van der Waals surface area contributed by atoms with Crippen LogP contribution in [0.15, 0.2) is 0 Å². The fraction of sp³-hybridized carbons (Fsp3) is 0.846. The maximum Gasteiger partial charge on any atom is 0.312 e. The molecular weight excluding hydrogens is 260 g/mol. The standard InChI is InChI=1S/C13H24N4O3/c1-15-11-8-20-7-10(11)12(18)17-4-2-3-9(6-17)5-16-13(14)19/h9-11,15H,2-8H2,1H3,(H3,14,16,19). The number of carbonyl (C=O) groups excluding carboxylic acids is 2. The number of nitrogens with zero attached hydrogens (tertiary/aromatic N) is 1. The number of ether oxygens (including phenoxy) is 1. The van der Waals surface area contributed by atoms with Gasteiger partial charge in [0.2, 0.25) is 5.91 Å². The predicted octanol–water partition coefficient (Wildman–Crippen LogP) is -0.872. The molecule has 7 nitrogen and oxygen atoms in total. The Morgan fingerprint density at radius 2 is 2.20 bits per heavy atom. The summed E-state index contributed by atoms with van der Waals surface area (Å²) in [6.45, 7) is 3.10. The number of carbonyl (C=O) groups is 2. The van der Waals surface area contributed by atoms with Crippen LogP contribution in [0, 0.1) is 11.8 Å². The van der Waals surface area contributed by atoms with E-state index in [1.165, 1.54) is 0 Å². The van der Waals surface area contributed by atoms with Gasteiger partial charge >= 0.3 is 6.03 Å². The van der Waals surface area contributed by atoms with Crippen molar-refractivity contribution in [2.45, 2.75) is 18.9 Å². The number of likely N-dealkylation sites (tertiary alicyclic amines) is 1. The molecule has 2 aliphatic rings. The first-order valence-electron chi connectivity index (χ1n) is 7.19. The average Bonchev–Trinajstić information content (AvgIpc) is 2.93. The molecule has 2 rings (SSSR count). The topological polar surface area (TPSA) is 96.7 Å². The summed E-state index contributed by atoms with van der Waals surface area (Å²) in [4.78, 5) is 25.2. The average molecular weight is 284 g/mol. The largest absolute Gasteiger partial charge is 0.379 e. The number of likely N-dealkylation sites (N-methyl/N-ethyl adjacent to an activating group) is 1. The summed E-state index contributed by atoms with van der Waals surface area (Å²) < 4.78 is 5.39. The highest BCUT2D eigenvalue weighted by atomic mass is 16.5. The zero-order chi connectivity index (χ0) is 14.5. The van der Waals surface area contributed by atoms with Gasteiger partial charge < -0.3 is 26.0 Å². The smallest absolute Gasteiger partial charge is 0.312 e. The predicted molar refractivity (Wildman–Crippen MR) is 74.0 cm³/mol. The first-order chi connectivity index (χ1) is 9.61. The second-order valence-electron chi connectivity index (χ2n) is 5.58. The lowest BCUT2D eigenvalue weighted by molar-refractivity contribution is -0.137. The molecule has 2 fully saturated rings. The Morgan fingerprint density at radius 3 is 2.90 bits per heavy atom. The maximum atomic E-state index is 12.5. The normalized spacial score (nSPS) is 30.2. The van der Waals surface area contributed by atoms with Gasteiger partial charge in [-0.3, -0.25) is 4.79 Å². The molecule has 2 aliphatic heterocycles. The second-order valence-corrected chi connectivity index (χ2v) is 5.58. The summed E-state index contributed by atoms with van der Waals surface area (Å²) in [5, 5.41) is 5.77. The number of hydrogen-bond acceptors (Lipinski definition) is 4. The van der Waals surface area contributed by atoms with Gasteiger partial charge in [-0.25, -0.2) is 4.79 Å². The molecule has 20 heavy (non-hydrogen) atoms. The summed E-state index contributed by atoms with van der Waals surface area (Å²) in [6, 6.07) is -0.403. The quantitative estimate of drug-likeness (QED) is 0.625. The Labute approximate surface area is 119 Å². The fourth-order valence-corrected chi connectivity index (χ4v) is 2.99. The van der Waals surface area contributed by atoms with Crippen LogP contribution in [-0.4, -0.2) is 62.8 Å². The van der Waals surface area contributed by atoms with E-state index in [0.717, 1.165) is 19.4 Å². The number of urea groups is 1. The van der Waals surface area contributed by atoms with Crippen molar-refractivity contribution in [3.63, 3.8) is 0 Å². The molecule has 7 heteroatoms. The van der Waals surface area contributed by atoms with E-state index in [4.69, 9.17) is 10.5 Å². The van der Waals surface area contributed by atoms with E-state index in [-0.39, 0.29) is 23.8 Å². The van der Waals surface area contributed by atoms with Gasteiger partial charge in [0.05, 0.1) is 19.1 Å². The van der Waals surface area contributed by atoms with E-state index < -0.39 is 6.03 Å². The number of nitrogens with two attached hydrogens (primary N) is 1. The highest BCUT2D eigenvalue weighted by Gasteiger charge is 2.37. The number of piperidine rings is 1. The van der Waals surface area contributed by atoms with Crippen LogP contribution in [0.5, 0.6) is 0 Å². The third-order valence-electron chi connectivity index (χ3n) is 4.16. The maximum absolute atomic E-state index is 12.5. The number of nitrogens with one attached hydrogen (secondary N) is 2. The SMILES string of the molecule is CNC1COCC1C(=O)N1CCCC(CNC(N)=O)C1. The molecule has 0 spiro atoms. The molecule has 2 heterocycles. The summed E-state index contributed by atoms with van der Waals surface area (Å²) in [7, 11) is 1.86. The van der Waals surface area contributed by atoms with Gasteiger partial charge in [0, 0.05) is 25.7 Å². The van der Waals surface area contributed by atoms with E-state index in [1.54, 1.807) is 0 Å². The molecule has 3 unspecified atom stereocenters. The molecule has 0 aromatic heterocycles. The molecule has 0 aromatic carbocycles. The van der Waals surface area contributed by atoms with Crippen LogP contribution >= 0.6 is 0 Å². The molecule has 0 radical (unpaired) electrons. The zero-order valence-electron chi connectivity index (χ0n) is 11.9. The minimum absolute atomic E-state index is 0.0946. The van der Waals surface area contributed by atoms with Crippen LogP contribution in [0.1, 0.15) is 12.8 Å². The van der Waals surface area contributed by atoms with Crippen LogP contribution in [0.2, 0.25) is 0 Å². The van der Waals surface area contributed by atoms with Crippen molar-refractivity contribution >= 4 is 11.9 Å². The van der Waals surface area contributed by atoms with E-state index >= 15 is 0 Å². The summed E-state index contributed by atoms with van der Waals surface area (Å²) >= 11 is 0. The van der Waals surface area contributed by atoms with Crippen LogP contribution in [-0.2, 0) is 9.53 Å². The van der Waals surface area contributed by atoms with Gasteiger partial charge in [-0.15, -0.1) is 0 Å². The highest BCUT2D eigenvalue weighted by Crippen LogP contribution is 2.21. The van der Waals surface area contributed by atoms with Gasteiger partial charge in [0.15, 0.2) is 0 Å². The van der Waals surface area contributed by atoms with Crippen LogP contribution in [0.25, 0.3) is 0 Å². The summed E-state index contributed by atoms with van der Waals surface area (Å²) in [5.41, 5.74) is 5.08. The minimum Gasteiger partial charge on any atom is -0.379 e. The summed E-state index contributed by atoms with van der Waals surface area (Å²) in [6.07, 6.45) is 1.98. The second kappa shape index (κ2) is 6.90. The van der Waals surface area contributed by atoms with Gasteiger partial charge in [0.25, 0.3) is 0 Å². The van der Waals surface area contributed by atoms with Gasteiger partial charge in [-0.1, -0.05) is 0 Å². The van der Waals surface area contributed by atoms with Crippen molar-refractivity contribution in [3.05, 3.63) is 0 Å². The molecule has 4 N–H and O–H groups in total. The number of amides is 3. The third kappa shape index (κ3) is 3.61. The van der Waals surface area contributed by atoms with Gasteiger partial charge in [-0.05, 0) is 25.8 Å². The Morgan fingerprint density at radius 1 is 1.40 bits per heavy atom. The Kier molecular flexibility index (Phi) is 5.19. The number of rotatable bonds is 4. The van der Waals surface area contributed by atoms with Crippen LogP contribution in [0.3, 0.4) is 0 Å². The van der Waals surface area contributed by atoms with Crippen molar-refractivity contribution in [1.82, 2.24) is 15.5 Å². The van der Waals surface area contributed by atoms with Crippen molar-refractivity contribution in [2.24, 2.45) is 17.6 Å². The van der Waals surface area contributed by atoms with Crippen molar-refractivity contribution in [2.75, 3.05) is 39.9 Å². The first kappa shape index (κ1) is 15.1. The Balaban J connectivity index is 1.87. The Bertz CT molecular complexity index is 364. The highest BCUT2D eigenvalue weighted by molar-refractivity contribution is 5.80. The molecule has 0 aliphatic carbocycles. The van der Waals surface area contributed by atoms with E-state index in [1.807, 2.05) is 11.9 Å². The number of hydrogen-bond donors (Lipinski definition) is 3. The molecule has 0 aromatic rings. The molecule has 0 saturated carbocycles. The van der Waals surface area contributed by atoms with Crippen molar-refractivity contribution < 1.29 is 14.3 Å². The lowest BCUT2D eigenvalue weighted by atomic mass is 9.95. The van der Waals surface area contributed by atoms with Crippen LogP contribution in [0.4, 0.5) is 4.79 Å². The monoisotopic (exact) mass is 284 g/mol. The minimum atomic E-state index is -0.507. The summed E-state index contributed by atoms with van der Waals surface area (Å²) in [5.74, 6) is 0.351. The number of primary amides is 1. The lowest BCUT2D eigenvalue weighted by Crippen LogP contribution is -2.49.